The van der Waals surface area contributed by atoms with Crippen molar-refractivity contribution in [2.75, 3.05) is 0 Å². The van der Waals surface area contributed by atoms with Crippen LogP contribution in [0.15, 0.2) is 54.7 Å². The molecule has 20 heavy (non-hydrogen) atoms. The van der Waals surface area contributed by atoms with Gasteiger partial charge in [-0.15, -0.1) is 0 Å². The lowest BCUT2D eigenvalue weighted by molar-refractivity contribution is -0.400. The van der Waals surface area contributed by atoms with Gasteiger partial charge in [0.1, 0.15) is 18.2 Å². The van der Waals surface area contributed by atoms with Crippen molar-refractivity contribution in [2.24, 2.45) is 0 Å². The smallest absolute Gasteiger partial charge is 0.235 e. The molecule has 0 saturated heterocycles. The van der Waals surface area contributed by atoms with E-state index in [0.29, 0.717) is 12.4 Å². The first-order valence-electron chi connectivity index (χ1n) is 5.92. The highest BCUT2D eigenvalue weighted by Crippen LogP contribution is 2.15. The molecule has 0 saturated carbocycles. The zero-order valence-corrected chi connectivity index (χ0v) is 10.5. The fourth-order valence-electron chi connectivity index (χ4n) is 1.57. The number of hydrogen-bond donors (Lipinski definition) is 0. The predicted molar refractivity (Wildman–Crippen MR) is 73.2 cm³/mol. The Morgan fingerprint density at radius 1 is 1.10 bits per heavy atom. The first-order valence-corrected chi connectivity index (χ1v) is 5.92. The van der Waals surface area contributed by atoms with Crippen molar-refractivity contribution < 1.29 is 14.1 Å². The lowest BCUT2D eigenvalue weighted by Gasteiger charge is -2.06. The molecule has 5 heteroatoms. The van der Waals surface area contributed by atoms with Crippen LogP contribution in [0.2, 0.25) is 0 Å². The maximum Gasteiger partial charge on any atom is 0.235 e. The summed E-state index contributed by atoms with van der Waals surface area (Å²) in [5.41, 5.74) is 1.58. The molecule has 4 nitrogen and oxygen atoms in total. The lowest BCUT2D eigenvalue weighted by atomic mass is 10.2. The van der Waals surface area contributed by atoms with Crippen molar-refractivity contribution in [3.8, 4) is 5.75 Å². The molecule has 0 aliphatic heterocycles. The van der Waals surface area contributed by atoms with Gasteiger partial charge in [-0.1, -0.05) is 24.3 Å². The molecule has 0 bridgehead atoms. The number of benzene rings is 2. The van der Waals surface area contributed by atoms with Crippen LogP contribution in [-0.2, 0) is 6.61 Å². The highest BCUT2D eigenvalue weighted by atomic mass is 19.1. The van der Waals surface area contributed by atoms with Crippen LogP contribution >= 0.6 is 0 Å². The van der Waals surface area contributed by atoms with Crippen molar-refractivity contribution in [1.82, 2.24) is 0 Å². The molecule has 0 fully saturated rings. The molecule has 0 aliphatic carbocycles. The summed E-state index contributed by atoms with van der Waals surface area (Å²) in [5.74, 6) is 0.364. The Labute approximate surface area is 115 Å². The summed E-state index contributed by atoms with van der Waals surface area (Å²) in [6.07, 6.45) is 2.29. The largest absolute Gasteiger partial charge is 0.489 e. The van der Waals surface area contributed by atoms with E-state index >= 15 is 0 Å². The van der Waals surface area contributed by atoms with E-state index in [-0.39, 0.29) is 5.82 Å². The number of ether oxygens (including phenoxy) is 1. The van der Waals surface area contributed by atoms with Gasteiger partial charge in [-0.2, -0.15) is 0 Å². The highest BCUT2D eigenvalue weighted by Gasteiger charge is 1.97. The van der Waals surface area contributed by atoms with E-state index in [4.69, 9.17) is 4.74 Å². The van der Waals surface area contributed by atoms with E-state index in [9.17, 15) is 14.5 Å². The van der Waals surface area contributed by atoms with Crippen LogP contribution in [0.4, 0.5) is 4.39 Å². The molecule has 0 aliphatic rings. The van der Waals surface area contributed by atoms with Crippen LogP contribution in [0, 0.1) is 15.9 Å². The molecule has 0 heterocycles. The molecular weight excluding hydrogens is 261 g/mol. The Kier molecular flexibility index (Phi) is 4.44. The minimum absolute atomic E-state index is 0.282. The summed E-state index contributed by atoms with van der Waals surface area (Å²) < 4.78 is 18.3. The van der Waals surface area contributed by atoms with Crippen molar-refractivity contribution in [3.63, 3.8) is 0 Å². The van der Waals surface area contributed by atoms with Gasteiger partial charge in [-0.25, -0.2) is 4.39 Å². The standard InChI is InChI=1S/C15H12FNO3/c16-14-5-1-13(2-6-14)11-20-15-7-3-12(4-8-15)9-10-17(18)19/h1-10H,11H2/b10-9+. The second-order valence-electron chi connectivity index (χ2n) is 4.09. The molecule has 0 radical (unpaired) electrons. The maximum atomic E-state index is 12.7. The van der Waals surface area contributed by atoms with Crippen molar-refractivity contribution in [2.45, 2.75) is 6.61 Å². The van der Waals surface area contributed by atoms with Gasteiger partial charge in [-0.05, 0) is 35.4 Å². The van der Waals surface area contributed by atoms with E-state index in [0.717, 1.165) is 17.3 Å². The quantitative estimate of drug-likeness (QED) is 0.617. The maximum absolute atomic E-state index is 12.7. The van der Waals surface area contributed by atoms with E-state index in [2.05, 4.69) is 0 Å². The third-order valence-corrected chi connectivity index (χ3v) is 2.59. The third-order valence-electron chi connectivity index (χ3n) is 2.59. The van der Waals surface area contributed by atoms with E-state index in [1.54, 1.807) is 36.4 Å². The molecule has 2 aromatic carbocycles. The number of rotatable bonds is 5. The molecule has 0 unspecified atom stereocenters. The highest BCUT2D eigenvalue weighted by molar-refractivity contribution is 5.49. The van der Waals surface area contributed by atoms with Crippen LogP contribution in [0.3, 0.4) is 0 Å². The van der Waals surface area contributed by atoms with Crippen molar-refractivity contribution >= 4 is 6.08 Å². The molecule has 102 valence electrons. The molecule has 0 atom stereocenters. The Morgan fingerprint density at radius 3 is 2.35 bits per heavy atom. The minimum Gasteiger partial charge on any atom is -0.489 e. The topological polar surface area (TPSA) is 52.4 Å². The normalized spacial score (nSPS) is 10.7. The molecule has 2 aromatic rings. The summed E-state index contributed by atoms with van der Waals surface area (Å²) >= 11 is 0. The molecule has 0 spiro atoms. The Morgan fingerprint density at radius 2 is 1.75 bits per heavy atom. The first kappa shape index (κ1) is 13.7. The number of halogens is 1. The third kappa shape index (κ3) is 4.20. The van der Waals surface area contributed by atoms with Crippen molar-refractivity contribution in [3.05, 3.63) is 81.8 Å². The second-order valence-corrected chi connectivity index (χ2v) is 4.09. The molecule has 2 rings (SSSR count). The van der Waals surface area contributed by atoms with Gasteiger partial charge in [-0.3, -0.25) is 10.1 Å². The van der Waals surface area contributed by atoms with E-state index in [1.165, 1.54) is 18.2 Å². The first-order chi connectivity index (χ1) is 9.63. The SMILES string of the molecule is O=[N+]([O-])/C=C/c1ccc(OCc2ccc(F)cc2)cc1. The molecule has 0 aromatic heterocycles. The Hall–Kier alpha value is -2.69. The molecule has 0 amide bonds. The van der Waals surface area contributed by atoms with Crippen LogP contribution < -0.4 is 4.74 Å². The van der Waals surface area contributed by atoms with Crippen LogP contribution in [0.5, 0.6) is 5.75 Å². The summed E-state index contributed by atoms with van der Waals surface area (Å²) in [5, 5.41) is 10.2. The van der Waals surface area contributed by atoms with Gasteiger partial charge in [0.05, 0.1) is 4.92 Å². The Balaban J connectivity index is 1.93. The van der Waals surface area contributed by atoms with Gasteiger partial charge in [0.2, 0.25) is 6.20 Å². The zero-order valence-electron chi connectivity index (χ0n) is 10.5. The van der Waals surface area contributed by atoms with Crippen LogP contribution in [0.25, 0.3) is 6.08 Å². The fraction of sp³-hybridized carbons (Fsp3) is 0.0667. The number of nitro groups is 1. The van der Waals surface area contributed by atoms with E-state index in [1.807, 2.05) is 0 Å². The Bertz CT molecular complexity index is 606. The minimum atomic E-state index is -0.515. The van der Waals surface area contributed by atoms with Crippen LogP contribution in [-0.4, -0.2) is 4.92 Å². The second kappa shape index (κ2) is 6.47. The summed E-state index contributed by atoms with van der Waals surface area (Å²) in [6, 6.07) is 13.0. The van der Waals surface area contributed by atoms with E-state index < -0.39 is 4.92 Å². The molecular formula is C15H12FNO3. The van der Waals surface area contributed by atoms with Gasteiger partial charge < -0.3 is 4.74 Å². The fourth-order valence-corrected chi connectivity index (χ4v) is 1.57. The lowest BCUT2D eigenvalue weighted by Crippen LogP contribution is -1.95. The zero-order chi connectivity index (χ0) is 14.4. The summed E-state index contributed by atoms with van der Waals surface area (Å²) in [6.45, 7) is 0.338. The summed E-state index contributed by atoms with van der Waals surface area (Å²) in [4.78, 5) is 9.68. The monoisotopic (exact) mass is 273 g/mol. The van der Waals surface area contributed by atoms with Crippen molar-refractivity contribution in [1.29, 1.82) is 0 Å². The predicted octanol–water partition coefficient (Wildman–Crippen LogP) is 3.65. The average molecular weight is 273 g/mol. The average Bonchev–Trinajstić information content (AvgIpc) is 2.45. The summed E-state index contributed by atoms with van der Waals surface area (Å²) in [7, 11) is 0. The number of nitrogens with zero attached hydrogens (tertiary/aromatic N) is 1. The number of hydrogen-bond acceptors (Lipinski definition) is 3. The van der Waals surface area contributed by atoms with Gasteiger partial charge in [0, 0.05) is 6.08 Å². The van der Waals surface area contributed by atoms with Gasteiger partial charge in [0.15, 0.2) is 0 Å². The molecule has 0 N–H and O–H groups in total. The van der Waals surface area contributed by atoms with Gasteiger partial charge >= 0.3 is 0 Å². The van der Waals surface area contributed by atoms with Gasteiger partial charge in [0.25, 0.3) is 0 Å². The van der Waals surface area contributed by atoms with Crippen LogP contribution in [0.1, 0.15) is 11.1 Å².